The molecule has 0 unspecified atom stereocenters. The van der Waals surface area contributed by atoms with E-state index in [2.05, 4.69) is 34.5 Å². The summed E-state index contributed by atoms with van der Waals surface area (Å²) in [6, 6.07) is 3.34. The van der Waals surface area contributed by atoms with Crippen molar-refractivity contribution < 1.29 is 17.9 Å². The van der Waals surface area contributed by atoms with Gasteiger partial charge in [-0.1, -0.05) is 13.0 Å². The number of anilines is 1. The number of piperazine rings is 1. The van der Waals surface area contributed by atoms with E-state index in [-0.39, 0.29) is 12.4 Å². The maximum absolute atomic E-state index is 12.5. The quantitative estimate of drug-likeness (QED) is 0.542. The second-order valence-corrected chi connectivity index (χ2v) is 7.32. The molecule has 8 nitrogen and oxygen atoms in total. The number of alkyl halides is 3. The van der Waals surface area contributed by atoms with Crippen LogP contribution in [0.1, 0.15) is 18.3 Å². The molecule has 0 atom stereocenters. The van der Waals surface area contributed by atoms with Crippen LogP contribution in [-0.2, 0) is 13.0 Å². The summed E-state index contributed by atoms with van der Waals surface area (Å²) in [4.78, 5) is 17.1. The lowest BCUT2D eigenvalue weighted by Crippen LogP contribution is -2.52. The number of aryl methyl sites for hydroxylation is 1. The lowest BCUT2D eigenvalue weighted by Gasteiger charge is -2.36. The number of hydrogen-bond acceptors (Lipinski definition) is 7. The first-order valence-electron chi connectivity index (χ1n) is 9.56. The van der Waals surface area contributed by atoms with Gasteiger partial charge < -0.3 is 19.9 Å². The van der Waals surface area contributed by atoms with Crippen molar-refractivity contribution in [3.63, 3.8) is 0 Å². The monoisotopic (exact) mass is 443 g/mol. The summed E-state index contributed by atoms with van der Waals surface area (Å²) in [7, 11) is 1.68. The van der Waals surface area contributed by atoms with E-state index in [4.69, 9.17) is 4.74 Å². The third-order valence-electron chi connectivity index (χ3n) is 4.49. The van der Waals surface area contributed by atoms with Crippen molar-refractivity contribution in [2.45, 2.75) is 26.1 Å². The minimum absolute atomic E-state index is 0.0365. The number of hydrogen-bond donors (Lipinski definition) is 1. The lowest BCUT2D eigenvalue weighted by atomic mass is 10.2. The Bertz CT molecular complexity index is 850. The lowest BCUT2D eigenvalue weighted by molar-refractivity contribution is -0.154. The normalized spacial score (nSPS) is 15.4. The molecular weight excluding hydrogens is 419 g/mol. The van der Waals surface area contributed by atoms with E-state index in [9.17, 15) is 13.2 Å². The van der Waals surface area contributed by atoms with Gasteiger partial charge in [0.05, 0.1) is 0 Å². The number of aromatic nitrogens is 3. The molecule has 3 rings (SSSR count). The topological polar surface area (TPSA) is 78.8 Å². The Kier molecular flexibility index (Phi) is 7.29. The van der Waals surface area contributed by atoms with Crippen molar-refractivity contribution >= 4 is 22.6 Å². The van der Waals surface area contributed by atoms with Crippen LogP contribution >= 0.6 is 11.5 Å². The van der Waals surface area contributed by atoms with Crippen LogP contribution in [0.25, 0.3) is 0 Å². The number of pyridine rings is 1. The smallest absolute Gasteiger partial charge is 0.422 e. The van der Waals surface area contributed by atoms with Gasteiger partial charge in [-0.15, -0.1) is 0 Å². The maximum Gasteiger partial charge on any atom is 0.422 e. The van der Waals surface area contributed by atoms with E-state index in [0.29, 0.717) is 11.5 Å². The number of rotatable bonds is 6. The Balaban J connectivity index is 1.54. The van der Waals surface area contributed by atoms with Gasteiger partial charge in [0.25, 0.3) is 0 Å². The Morgan fingerprint density at radius 1 is 1.30 bits per heavy atom. The van der Waals surface area contributed by atoms with Gasteiger partial charge in [0.2, 0.25) is 11.0 Å². The van der Waals surface area contributed by atoms with E-state index >= 15 is 0 Å². The van der Waals surface area contributed by atoms with Crippen LogP contribution in [0.3, 0.4) is 0 Å². The third-order valence-corrected chi connectivity index (χ3v) is 5.31. The average molecular weight is 443 g/mol. The van der Waals surface area contributed by atoms with Crippen LogP contribution in [0.2, 0.25) is 0 Å². The first-order chi connectivity index (χ1) is 14.4. The Morgan fingerprint density at radius 2 is 2.07 bits per heavy atom. The fourth-order valence-electron chi connectivity index (χ4n) is 2.97. The SMILES string of the molecule is CCc1nsc(N2CCN(C(=NC)NCc3cccnc3OCC(F)(F)F)CC2)n1. The second kappa shape index (κ2) is 9.92. The van der Waals surface area contributed by atoms with Crippen molar-refractivity contribution in [2.24, 2.45) is 4.99 Å². The summed E-state index contributed by atoms with van der Waals surface area (Å²) in [6.45, 7) is 3.96. The zero-order valence-corrected chi connectivity index (χ0v) is 17.6. The molecular formula is C18H24F3N7OS. The zero-order valence-electron chi connectivity index (χ0n) is 16.8. The summed E-state index contributed by atoms with van der Waals surface area (Å²) in [5.41, 5.74) is 0.530. The molecule has 0 spiro atoms. The number of nitrogens with zero attached hydrogens (tertiary/aromatic N) is 6. The van der Waals surface area contributed by atoms with Crippen LogP contribution < -0.4 is 15.0 Å². The summed E-state index contributed by atoms with van der Waals surface area (Å²) in [5.74, 6) is 1.49. The molecule has 3 heterocycles. The van der Waals surface area contributed by atoms with Gasteiger partial charge >= 0.3 is 6.18 Å². The molecule has 0 bridgehead atoms. The van der Waals surface area contributed by atoms with Crippen molar-refractivity contribution in [1.29, 1.82) is 0 Å². The highest BCUT2D eigenvalue weighted by molar-refractivity contribution is 7.09. The highest BCUT2D eigenvalue weighted by Crippen LogP contribution is 2.21. The van der Waals surface area contributed by atoms with E-state index < -0.39 is 12.8 Å². The van der Waals surface area contributed by atoms with E-state index in [1.165, 1.54) is 17.7 Å². The predicted molar refractivity (Wildman–Crippen MR) is 109 cm³/mol. The number of aliphatic imine (C=N–C) groups is 1. The highest BCUT2D eigenvalue weighted by atomic mass is 32.1. The first-order valence-corrected chi connectivity index (χ1v) is 10.3. The molecule has 0 amide bonds. The highest BCUT2D eigenvalue weighted by Gasteiger charge is 2.29. The summed E-state index contributed by atoms with van der Waals surface area (Å²) in [6.07, 6.45) is -2.19. The molecule has 0 saturated carbocycles. The van der Waals surface area contributed by atoms with Gasteiger partial charge in [-0.05, 0) is 6.07 Å². The second-order valence-electron chi connectivity index (χ2n) is 6.59. The fourth-order valence-corrected chi connectivity index (χ4v) is 3.77. The fraction of sp³-hybridized carbons (Fsp3) is 0.556. The van der Waals surface area contributed by atoms with E-state index in [1.54, 1.807) is 19.2 Å². The molecule has 0 aliphatic carbocycles. The molecule has 0 aromatic carbocycles. The molecule has 1 N–H and O–H groups in total. The number of halogens is 3. The van der Waals surface area contributed by atoms with E-state index in [0.717, 1.165) is 43.6 Å². The minimum atomic E-state index is -4.41. The van der Waals surface area contributed by atoms with Crippen molar-refractivity contribution in [3.8, 4) is 5.88 Å². The minimum Gasteiger partial charge on any atom is -0.468 e. The maximum atomic E-state index is 12.5. The van der Waals surface area contributed by atoms with Crippen LogP contribution in [0, 0.1) is 0 Å². The Hall–Kier alpha value is -2.63. The van der Waals surface area contributed by atoms with Gasteiger partial charge in [-0.25, -0.2) is 9.97 Å². The zero-order chi connectivity index (χ0) is 21.6. The number of ether oxygens (including phenoxy) is 1. The van der Waals surface area contributed by atoms with Crippen LogP contribution in [0.15, 0.2) is 23.3 Å². The molecule has 0 radical (unpaired) electrons. The standard InChI is InChI=1S/C18H24F3N7OS/c1-3-14-25-17(30-26-14)28-9-7-27(8-10-28)16(22-2)24-11-13-5-4-6-23-15(13)29-12-18(19,20)21/h4-6H,3,7-12H2,1-2H3,(H,22,24). The average Bonchev–Trinajstić information content (AvgIpc) is 3.22. The van der Waals surface area contributed by atoms with Crippen LogP contribution in [0.4, 0.5) is 18.3 Å². The Morgan fingerprint density at radius 3 is 2.70 bits per heavy atom. The van der Waals surface area contributed by atoms with Crippen molar-refractivity contribution in [2.75, 3.05) is 44.7 Å². The predicted octanol–water partition coefficient (Wildman–Crippen LogP) is 2.33. The molecule has 30 heavy (non-hydrogen) atoms. The third kappa shape index (κ3) is 5.94. The van der Waals surface area contributed by atoms with Gasteiger partial charge in [-0.2, -0.15) is 17.5 Å². The van der Waals surface area contributed by atoms with Gasteiger partial charge in [0.1, 0.15) is 5.82 Å². The molecule has 2 aromatic rings. The Labute approximate surface area is 177 Å². The molecule has 1 fully saturated rings. The molecule has 164 valence electrons. The molecule has 2 aromatic heterocycles. The van der Waals surface area contributed by atoms with Gasteiger partial charge in [0.15, 0.2) is 12.6 Å². The summed E-state index contributed by atoms with van der Waals surface area (Å²) in [5, 5.41) is 4.12. The molecule has 1 aliphatic rings. The summed E-state index contributed by atoms with van der Waals surface area (Å²) < 4.78 is 46.5. The van der Waals surface area contributed by atoms with Crippen molar-refractivity contribution in [1.82, 2.24) is 24.6 Å². The van der Waals surface area contributed by atoms with Crippen LogP contribution in [0.5, 0.6) is 5.88 Å². The van der Waals surface area contributed by atoms with Crippen molar-refractivity contribution in [3.05, 3.63) is 29.7 Å². The molecule has 1 saturated heterocycles. The number of nitrogens with one attached hydrogen (secondary N) is 1. The first kappa shape index (κ1) is 22.1. The largest absolute Gasteiger partial charge is 0.468 e. The van der Waals surface area contributed by atoms with Gasteiger partial charge in [-0.3, -0.25) is 4.99 Å². The summed E-state index contributed by atoms with van der Waals surface area (Å²) >= 11 is 1.41. The van der Waals surface area contributed by atoms with Gasteiger partial charge in [0, 0.05) is 69.5 Å². The van der Waals surface area contributed by atoms with E-state index in [1.807, 2.05) is 6.92 Å². The molecule has 12 heteroatoms. The van der Waals surface area contributed by atoms with Crippen LogP contribution in [-0.4, -0.2) is 71.2 Å². The molecule has 1 aliphatic heterocycles. The number of guanidine groups is 1.